The van der Waals surface area contributed by atoms with E-state index in [9.17, 15) is 22.9 Å². The number of quaternary nitrogens is 1. The van der Waals surface area contributed by atoms with Gasteiger partial charge in [0.2, 0.25) is 10.4 Å². The molecule has 0 aromatic heterocycles. The number of rotatable bonds is 17. The van der Waals surface area contributed by atoms with Crippen molar-refractivity contribution in [3.05, 3.63) is 12.2 Å². The predicted octanol–water partition coefficient (Wildman–Crippen LogP) is 4.13. The minimum Gasteiger partial charge on any atom is -0.726 e. The normalized spacial score (nSPS) is 12.5. The molecular formula is C23H50N2O7S. The Morgan fingerprint density at radius 2 is 1.52 bits per heavy atom. The Kier molecular flexibility index (Phi) is 26.7. The number of aliphatic hydroxyl groups excluding tert-OH is 1. The first-order chi connectivity index (χ1) is 15.2. The molecule has 10 heteroatoms. The zero-order valence-corrected chi connectivity index (χ0v) is 22.3. The van der Waals surface area contributed by atoms with Crippen molar-refractivity contribution in [1.29, 1.82) is 0 Å². The van der Waals surface area contributed by atoms with Crippen LogP contribution in [0.15, 0.2) is 12.2 Å². The summed E-state index contributed by atoms with van der Waals surface area (Å²) in [4.78, 5) is 10.3. The number of unbranched alkanes of at least 4 members (excludes halogenated alkanes) is 8. The summed E-state index contributed by atoms with van der Waals surface area (Å²) in [5, 5.41) is 18.3. The van der Waals surface area contributed by atoms with Gasteiger partial charge in [-0.15, -0.1) is 0 Å². The summed E-state index contributed by atoms with van der Waals surface area (Å²) in [6, 6.07) is 0. The molecule has 0 saturated carbocycles. The third kappa shape index (κ3) is 53.8. The van der Waals surface area contributed by atoms with Crippen molar-refractivity contribution in [2.45, 2.75) is 103 Å². The Bertz CT molecular complexity index is 556. The summed E-state index contributed by atoms with van der Waals surface area (Å²) in [5.74, 6) is 4.60. The van der Waals surface area contributed by atoms with E-state index in [1.165, 1.54) is 32.6 Å². The monoisotopic (exact) mass is 498 g/mol. The Labute approximate surface area is 202 Å². The third-order valence-electron chi connectivity index (χ3n) is 3.99. The second kappa shape index (κ2) is 24.1. The van der Waals surface area contributed by atoms with Crippen LogP contribution in [0.3, 0.4) is 0 Å². The largest absolute Gasteiger partial charge is 0.726 e. The quantitative estimate of drug-likeness (QED) is 0.0515. The molecule has 0 saturated heterocycles. The van der Waals surface area contributed by atoms with Crippen molar-refractivity contribution in [1.82, 2.24) is 0 Å². The van der Waals surface area contributed by atoms with Crippen LogP contribution in [-0.2, 0) is 19.4 Å². The second-order valence-corrected chi connectivity index (χ2v) is 9.89. The molecule has 0 aromatic carbocycles. The molecule has 9 nitrogen and oxygen atoms in total. The molecule has 1 atom stereocenters. The second-order valence-electron chi connectivity index (χ2n) is 8.84. The average molecular weight is 499 g/mol. The lowest BCUT2D eigenvalue weighted by Crippen LogP contribution is -2.41. The average Bonchev–Trinajstić information content (AvgIpc) is 2.65. The van der Waals surface area contributed by atoms with Crippen LogP contribution in [0.5, 0.6) is 0 Å². The zero-order valence-electron chi connectivity index (χ0n) is 21.5. The molecule has 33 heavy (non-hydrogen) atoms. The van der Waals surface area contributed by atoms with Gasteiger partial charge in [0, 0.05) is 6.42 Å². The molecule has 0 heterocycles. The van der Waals surface area contributed by atoms with E-state index < -0.39 is 16.4 Å². The van der Waals surface area contributed by atoms with Gasteiger partial charge in [0.25, 0.3) is 0 Å². The van der Waals surface area contributed by atoms with Crippen LogP contribution in [0.2, 0.25) is 0 Å². The third-order valence-corrected chi connectivity index (χ3v) is 4.51. The Morgan fingerprint density at radius 1 is 1.00 bits per heavy atom. The minimum absolute atomic E-state index is 0.0914. The SMILES string of the molecule is CCCCCCC(O)C/C=C\CCCCCCCC(=O)O.CCOS(=O)(=O)[O-].C[N+](C)(C)N. The van der Waals surface area contributed by atoms with Crippen LogP contribution in [0.25, 0.3) is 0 Å². The van der Waals surface area contributed by atoms with Crippen molar-refractivity contribution in [2.24, 2.45) is 5.84 Å². The van der Waals surface area contributed by atoms with E-state index in [1.807, 2.05) is 21.1 Å². The number of carbonyl (C=O) groups is 1. The van der Waals surface area contributed by atoms with Gasteiger partial charge in [-0.1, -0.05) is 64.0 Å². The van der Waals surface area contributed by atoms with Gasteiger partial charge in [0.05, 0.1) is 33.9 Å². The topological polar surface area (TPSA) is 150 Å². The maximum Gasteiger partial charge on any atom is 0.303 e. The number of nitrogens with zero attached hydrogens (tertiary/aromatic N) is 1. The van der Waals surface area contributed by atoms with E-state index in [-0.39, 0.29) is 12.7 Å². The summed E-state index contributed by atoms with van der Waals surface area (Å²) < 4.78 is 32.5. The first kappa shape index (κ1) is 36.5. The number of nitrogens with two attached hydrogens (primary N) is 1. The highest BCUT2D eigenvalue weighted by Crippen LogP contribution is 2.10. The number of hydrogen-bond acceptors (Lipinski definition) is 7. The molecule has 0 amide bonds. The van der Waals surface area contributed by atoms with Crippen LogP contribution in [0.4, 0.5) is 0 Å². The fourth-order valence-corrected chi connectivity index (χ4v) is 2.80. The van der Waals surface area contributed by atoms with Gasteiger partial charge >= 0.3 is 5.97 Å². The lowest BCUT2D eigenvalue weighted by molar-refractivity contribution is -0.882. The number of hydrogen-bond donors (Lipinski definition) is 3. The van der Waals surface area contributed by atoms with Gasteiger partial charge < -0.3 is 14.8 Å². The van der Waals surface area contributed by atoms with Crippen molar-refractivity contribution >= 4 is 16.4 Å². The molecule has 0 aliphatic carbocycles. The van der Waals surface area contributed by atoms with Gasteiger partial charge in [-0.25, -0.2) is 8.42 Å². The first-order valence-corrected chi connectivity index (χ1v) is 13.3. The first-order valence-electron chi connectivity index (χ1n) is 12.0. The molecule has 0 aliphatic heterocycles. The fraction of sp³-hybridized carbons (Fsp3) is 0.870. The molecule has 200 valence electrons. The zero-order chi connectivity index (χ0) is 26.2. The van der Waals surface area contributed by atoms with Crippen LogP contribution in [-0.4, -0.2) is 67.6 Å². The van der Waals surface area contributed by atoms with E-state index in [0.717, 1.165) is 51.4 Å². The standard InChI is InChI=1S/C18H34O3.C3H11N2.C2H6O4S/c1-2-3-4-11-14-17(19)15-12-9-7-5-6-8-10-13-16-18(20)21;1-5(2,3)4;1-2-6-7(3,4)5/h9,12,17,19H,2-8,10-11,13-16H2,1H3,(H,20,21);4H2,1-3H3;2H2,1H3,(H,3,4,5)/q;+1;/p-1/b12-9-;;. The molecule has 0 bridgehead atoms. The number of carboxylic acids is 1. The molecule has 0 fully saturated rings. The smallest absolute Gasteiger partial charge is 0.303 e. The summed E-state index contributed by atoms with van der Waals surface area (Å²) in [6.07, 6.45) is 17.4. The van der Waals surface area contributed by atoms with Crippen LogP contribution >= 0.6 is 0 Å². The minimum atomic E-state index is -4.42. The van der Waals surface area contributed by atoms with Crippen molar-refractivity contribution in [3.8, 4) is 0 Å². The molecule has 1 unspecified atom stereocenters. The molecule has 0 spiro atoms. The summed E-state index contributed by atoms with van der Waals surface area (Å²) in [7, 11) is 1.28. The molecule has 0 radical (unpaired) electrons. The van der Waals surface area contributed by atoms with E-state index >= 15 is 0 Å². The van der Waals surface area contributed by atoms with Gasteiger partial charge in [0.1, 0.15) is 0 Å². The summed E-state index contributed by atoms with van der Waals surface area (Å²) in [6.45, 7) is 3.53. The highest BCUT2D eigenvalue weighted by atomic mass is 32.3. The molecule has 4 N–H and O–H groups in total. The lowest BCUT2D eigenvalue weighted by Gasteiger charge is -2.12. The lowest BCUT2D eigenvalue weighted by atomic mass is 10.1. The van der Waals surface area contributed by atoms with Gasteiger partial charge in [0.15, 0.2) is 0 Å². The van der Waals surface area contributed by atoms with Gasteiger partial charge in [-0.3, -0.25) is 13.6 Å². The Morgan fingerprint density at radius 3 is 1.97 bits per heavy atom. The number of aliphatic hydroxyl groups is 1. The molecular weight excluding hydrogens is 448 g/mol. The highest BCUT2D eigenvalue weighted by molar-refractivity contribution is 7.80. The summed E-state index contributed by atoms with van der Waals surface area (Å²) in [5.41, 5.74) is 0. The van der Waals surface area contributed by atoms with Gasteiger partial charge in [-0.2, -0.15) is 5.84 Å². The van der Waals surface area contributed by atoms with Crippen molar-refractivity contribution < 1.29 is 36.8 Å². The van der Waals surface area contributed by atoms with E-state index in [1.54, 1.807) is 0 Å². The Hall–Kier alpha value is -1.04. The predicted molar refractivity (Wildman–Crippen MR) is 132 cm³/mol. The van der Waals surface area contributed by atoms with Crippen LogP contribution in [0, 0.1) is 0 Å². The number of allylic oxidation sites excluding steroid dienone is 1. The molecule has 0 rings (SSSR count). The van der Waals surface area contributed by atoms with E-state index in [2.05, 4.69) is 23.3 Å². The number of carboxylic acid groups (broad SMARTS) is 1. The van der Waals surface area contributed by atoms with E-state index in [0.29, 0.717) is 11.0 Å². The van der Waals surface area contributed by atoms with Gasteiger partial charge in [-0.05, 0) is 39.0 Å². The van der Waals surface area contributed by atoms with Crippen LogP contribution in [0.1, 0.15) is 97.3 Å². The molecule has 0 aliphatic rings. The fourth-order valence-electron chi connectivity index (χ4n) is 2.51. The number of aliphatic carboxylic acids is 1. The Balaban J connectivity index is -0.000000612. The van der Waals surface area contributed by atoms with Crippen molar-refractivity contribution in [3.63, 3.8) is 0 Å². The maximum absolute atomic E-state index is 10.3. The van der Waals surface area contributed by atoms with Crippen LogP contribution < -0.4 is 5.84 Å². The van der Waals surface area contributed by atoms with Crippen molar-refractivity contribution in [2.75, 3.05) is 27.7 Å². The molecule has 0 aromatic rings. The van der Waals surface area contributed by atoms with E-state index in [4.69, 9.17) is 10.9 Å². The summed E-state index contributed by atoms with van der Waals surface area (Å²) >= 11 is 0. The highest BCUT2D eigenvalue weighted by Gasteiger charge is 2.00. The maximum atomic E-state index is 10.3.